The van der Waals surface area contributed by atoms with Crippen LogP contribution in [0.4, 0.5) is 4.79 Å². The average molecular weight is 445 g/mol. The van der Waals surface area contributed by atoms with Crippen LogP contribution in [0.2, 0.25) is 5.02 Å². The molecule has 1 aromatic rings. The molecule has 2 saturated heterocycles. The van der Waals surface area contributed by atoms with Gasteiger partial charge in [0.05, 0.1) is 19.0 Å². The summed E-state index contributed by atoms with van der Waals surface area (Å²) >= 11 is 5.92. The van der Waals surface area contributed by atoms with Crippen LogP contribution < -0.4 is 10.6 Å². The second-order valence-corrected chi connectivity index (χ2v) is 9.93. The Morgan fingerprint density at radius 3 is 2.41 bits per heavy atom. The number of urea groups is 1. The van der Waals surface area contributed by atoms with Gasteiger partial charge in [-0.15, -0.1) is 0 Å². The molecule has 2 heterocycles. The van der Waals surface area contributed by atoms with Crippen LogP contribution in [0.3, 0.4) is 0 Å². The van der Waals surface area contributed by atoms with Gasteiger partial charge >= 0.3 is 6.03 Å². The van der Waals surface area contributed by atoms with Crippen molar-refractivity contribution >= 4 is 27.7 Å². The maximum absolute atomic E-state index is 12.2. The van der Waals surface area contributed by atoms with Crippen molar-refractivity contribution < 1.29 is 17.9 Å². The van der Waals surface area contributed by atoms with Crippen molar-refractivity contribution in [3.05, 3.63) is 34.9 Å². The molecule has 10 heteroatoms. The molecule has 3 rings (SSSR count). The quantitative estimate of drug-likeness (QED) is 0.660. The fraction of sp³-hybridized carbons (Fsp3) is 0.632. The van der Waals surface area contributed by atoms with Gasteiger partial charge in [0.1, 0.15) is 0 Å². The second-order valence-electron chi connectivity index (χ2n) is 7.40. The Bertz CT molecular complexity index is 761. The number of likely N-dealkylation sites (tertiary alicyclic amines) is 1. The highest BCUT2D eigenvalue weighted by Gasteiger charge is 2.24. The molecule has 2 amide bonds. The number of carbonyl (C=O) groups is 1. The van der Waals surface area contributed by atoms with E-state index in [1.54, 1.807) is 0 Å². The van der Waals surface area contributed by atoms with Crippen LogP contribution in [0.5, 0.6) is 0 Å². The number of hydrogen-bond donors (Lipinski definition) is 2. The molecule has 0 atom stereocenters. The van der Waals surface area contributed by atoms with E-state index < -0.39 is 10.0 Å². The summed E-state index contributed by atoms with van der Waals surface area (Å²) in [7, 11) is -3.36. The van der Waals surface area contributed by atoms with Crippen molar-refractivity contribution in [2.45, 2.75) is 25.4 Å². The Kier molecular flexibility index (Phi) is 8.14. The fourth-order valence-corrected chi connectivity index (χ4v) is 5.02. The van der Waals surface area contributed by atoms with E-state index in [1.165, 1.54) is 9.87 Å². The SMILES string of the molecule is O=C(NCCS(=O)(=O)N1CCOCC1)NC1CCN(Cc2ccc(Cl)cc2)CC1. The number of benzene rings is 1. The van der Waals surface area contributed by atoms with Gasteiger partial charge in [-0.1, -0.05) is 23.7 Å². The summed E-state index contributed by atoms with van der Waals surface area (Å²) in [4.78, 5) is 14.5. The van der Waals surface area contributed by atoms with E-state index in [-0.39, 0.29) is 24.4 Å². The number of piperidine rings is 1. The molecule has 8 nitrogen and oxygen atoms in total. The first-order valence-corrected chi connectivity index (χ1v) is 12.0. The zero-order valence-corrected chi connectivity index (χ0v) is 18.1. The molecule has 2 fully saturated rings. The largest absolute Gasteiger partial charge is 0.379 e. The highest BCUT2D eigenvalue weighted by molar-refractivity contribution is 7.89. The molecule has 0 saturated carbocycles. The van der Waals surface area contributed by atoms with Gasteiger partial charge in [-0.05, 0) is 30.5 Å². The van der Waals surface area contributed by atoms with Gasteiger partial charge in [-0.25, -0.2) is 13.2 Å². The highest BCUT2D eigenvalue weighted by Crippen LogP contribution is 2.16. The van der Waals surface area contributed by atoms with E-state index in [2.05, 4.69) is 15.5 Å². The van der Waals surface area contributed by atoms with Crippen LogP contribution in [-0.4, -0.2) is 81.4 Å². The van der Waals surface area contributed by atoms with Crippen LogP contribution in [-0.2, 0) is 21.3 Å². The third-order valence-electron chi connectivity index (χ3n) is 5.25. The first-order chi connectivity index (χ1) is 13.9. The van der Waals surface area contributed by atoms with E-state index in [0.29, 0.717) is 26.3 Å². The number of amides is 2. The molecule has 29 heavy (non-hydrogen) atoms. The third-order valence-corrected chi connectivity index (χ3v) is 7.38. The summed E-state index contributed by atoms with van der Waals surface area (Å²) in [6.07, 6.45) is 1.74. The number of halogens is 1. The molecular formula is C19H29ClN4O4S. The molecule has 2 N–H and O–H groups in total. The Morgan fingerprint density at radius 2 is 1.76 bits per heavy atom. The van der Waals surface area contributed by atoms with Crippen molar-refractivity contribution in [1.82, 2.24) is 19.8 Å². The number of hydrogen-bond acceptors (Lipinski definition) is 5. The Hall–Kier alpha value is -1.39. The van der Waals surface area contributed by atoms with E-state index >= 15 is 0 Å². The van der Waals surface area contributed by atoms with Crippen LogP contribution in [0.15, 0.2) is 24.3 Å². The van der Waals surface area contributed by atoms with Gasteiger partial charge in [0, 0.05) is 50.3 Å². The first kappa shape index (κ1) is 22.3. The Labute approximate surface area is 177 Å². The van der Waals surface area contributed by atoms with Crippen LogP contribution in [0.25, 0.3) is 0 Å². The van der Waals surface area contributed by atoms with Gasteiger partial charge < -0.3 is 15.4 Å². The van der Waals surface area contributed by atoms with E-state index in [4.69, 9.17) is 16.3 Å². The number of morpholine rings is 1. The number of nitrogens with zero attached hydrogens (tertiary/aromatic N) is 2. The molecule has 0 unspecified atom stereocenters. The molecule has 0 aliphatic carbocycles. The smallest absolute Gasteiger partial charge is 0.315 e. The summed E-state index contributed by atoms with van der Waals surface area (Å²) in [6.45, 7) is 4.37. The van der Waals surface area contributed by atoms with Crippen molar-refractivity contribution in [3.8, 4) is 0 Å². The van der Waals surface area contributed by atoms with Gasteiger partial charge in [0.2, 0.25) is 10.0 Å². The molecule has 0 spiro atoms. The lowest BCUT2D eigenvalue weighted by Gasteiger charge is -2.32. The van der Waals surface area contributed by atoms with E-state index in [0.717, 1.165) is 37.5 Å². The molecule has 0 bridgehead atoms. The van der Waals surface area contributed by atoms with Crippen LogP contribution >= 0.6 is 11.6 Å². The summed E-state index contributed by atoms with van der Waals surface area (Å²) in [6, 6.07) is 7.66. The number of nitrogens with one attached hydrogen (secondary N) is 2. The molecule has 162 valence electrons. The standard InChI is InChI=1S/C19H29ClN4O4S/c20-17-3-1-16(2-4-17)15-23-8-5-18(6-9-23)22-19(25)21-7-14-29(26,27)24-10-12-28-13-11-24/h1-4,18H,5-15H2,(H2,21,22,25). The predicted octanol–water partition coefficient (Wildman–Crippen LogP) is 1.27. The normalized spacial score (nSPS) is 19.8. The lowest BCUT2D eigenvalue weighted by molar-refractivity contribution is 0.0730. The Morgan fingerprint density at radius 1 is 1.10 bits per heavy atom. The summed E-state index contributed by atoms with van der Waals surface area (Å²) in [5.74, 6) is -0.0973. The lowest BCUT2D eigenvalue weighted by Crippen LogP contribution is -2.49. The highest BCUT2D eigenvalue weighted by atomic mass is 35.5. The topological polar surface area (TPSA) is 91.0 Å². The first-order valence-electron chi connectivity index (χ1n) is 9.99. The maximum Gasteiger partial charge on any atom is 0.315 e. The monoisotopic (exact) mass is 444 g/mol. The average Bonchev–Trinajstić information content (AvgIpc) is 2.72. The van der Waals surface area contributed by atoms with E-state index in [1.807, 2.05) is 24.3 Å². The van der Waals surface area contributed by atoms with E-state index in [9.17, 15) is 13.2 Å². The molecule has 2 aliphatic heterocycles. The van der Waals surface area contributed by atoms with Gasteiger partial charge in [0.25, 0.3) is 0 Å². The van der Waals surface area contributed by atoms with Gasteiger partial charge in [-0.3, -0.25) is 4.90 Å². The lowest BCUT2D eigenvalue weighted by atomic mass is 10.0. The minimum absolute atomic E-state index is 0.0973. The predicted molar refractivity (Wildman–Crippen MR) is 112 cm³/mol. The number of carbonyl (C=O) groups excluding carboxylic acids is 1. The molecule has 2 aliphatic rings. The second kappa shape index (κ2) is 10.6. The van der Waals surface area contributed by atoms with Gasteiger partial charge in [0.15, 0.2) is 0 Å². The minimum atomic E-state index is -3.36. The van der Waals surface area contributed by atoms with Crippen LogP contribution in [0.1, 0.15) is 18.4 Å². The number of ether oxygens (including phenoxy) is 1. The summed E-state index contributed by atoms with van der Waals surface area (Å²) in [5, 5.41) is 6.36. The van der Waals surface area contributed by atoms with Crippen molar-refractivity contribution in [3.63, 3.8) is 0 Å². The maximum atomic E-state index is 12.2. The van der Waals surface area contributed by atoms with Crippen molar-refractivity contribution in [2.75, 3.05) is 51.7 Å². The molecular weight excluding hydrogens is 416 g/mol. The van der Waals surface area contributed by atoms with Crippen molar-refractivity contribution in [1.29, 1.82) is 0 Å². The Balaban J connectivity index is 1.32. The summed E-state index contributed by atoms with van der Waals surface area (Å²) in [5.41, 5.74) is 1.22. The summed E-state index contributed by atoms with van der Waals surface area (Å²) < 4.78 is 31.1. The zero-order valence-electron chi connectivity index (χ0n) is 16.5. The third kappa shape index (κ3) is 7.11. The van der Waals surface area contributed by atoms with Gasteiger partial charge in [-0.2, -0.15) is 4.31 Å². The number of rotatable bonds is 7. The molecule has 0 aromatic heterocycles. The minimum Gasteiger partial charge on any atom is -0.379 e. The molecule has 0 radical (unpaired) electrons. The van der Waals surface area contributed by atoms with Crippen LogP contribution in [0, 0.1) is 0 Å². The fourth-order valence-electron chi connectivity index (χ4n) is 3.57. The van der Waals surface area contributed by atoms with Crippen molar-refractivity contribution in [2.24, 2.45) is 0 Å². The number of sulfonamides is 1. The molecule has 1 aromatic carbocycles. The zero-order chi connectivity index (χ0) is 20.7.